The molecule has 108 valence electrons. The van der Waals surface area contributed by atoms with E-state index in [1.54, 1.807) is 14.2 Å². The van der Waals surface area contributed by atoms with Gasteiger partial charge in [-0.1, -0.05) is 6.92 Å². The summed E-state index contributed by atoms with van der Waals surface area (Å²) < 4.78 is 10.3. The van der Waals surface area contributed by atoms with Crippen LogP contribution in [0.2, 0.25) is 0 Å². The van der Waals surface area contributed by atoms with Gasteiger partial charge in [0.05, 0.1) is 13.2 Å². The lowest BCUT2D eigenvalue weighted by Crippen LogP contribution is -2.39. The third kappa shape index (κ3) is 8.10. The number of halogens is 1. The number of nitrogens with zero attached hydrogens (tertiary/aromatic N) is 1. The number of methoxy groups -OCH3 is 1. The van der Waals surface area contributed by atoms with Gasteiger partial charge in [-0.25, -0.2) is 0 Å². The monoisotopic (exact) mass is 371 g/mol. The van der Waals surface area contributed by atoms with E-state index in [-0.39, 0.29) is 24.0 Å². The zero-order chi connectivity index (χ0) is 12.5. The lowest BCUT2D eigenvalue weighted by atomic mass is 10.4. The van der Waals surface area contributed by atoms with Crippen molar-refractivity contribution in [1.82, 2.24) is 10.6 Å². The number of nitrogens with one attached hydrogen (secondary N) is 2. The Bertz CT molecular complexity index is 239. The molecule has 1 fully saturated rings. The van der Waals surface area contributed by atoms with Crippen molar-refractivity contribution in [3.8, 4) is 0 Å². The number of rotatable bonds is 8. The molecule has 0 saturated heterocycles. The van der Waals surface area contributed by atoms with Crippen LogP contribution in [0.5, 0.6) is 0 Å². The summed E-state index contributed by atoms with van der Waals surface area (Å²) >= 11 is 0. The van der Waals surface area contributed by atoms with Crippen LogP contribution in [0.25, 0.3) is 0 Å². The maximum atomic E-state index is 5.37. The molecule has 0 aromatic carbocycles. The van der Waals surface area contributed by atoms with E-state index in [9.17, 15) is 0 Å². The Morgan fingerprint density at radius 2 is 2.06 bits per heavy atom. The Kier molecular flexibility index (Phi) is 10.8. The molecule has 0 heterocycles. The number of aliphatic imine (C=N–C) groups is 1. The molecule has 0 spiro atoms. The molecular weight excluding hydrogens is 345 g/mol. The number of ether oxygens (including phenoxy) is 2. The van der Waals surface area contributed by atoms with Crippen molar-refractivity contribution in [3.63, 3.8) is 0 Å². The highest BCUT2D eigenvalue weighted by atomic mass is 127. The molecule has 0 aliphatic heterocycles. The fourth-order valence-electron chi connectivity index (χ4n) is 1.52. The van der Waals surface area contributed by atoms with E-state index in [4.69, 9.17) is 9.47 Å². The van der Waals surface area contributed by atoms with Crippen molar-refractivity contribution in [3.05, 3.63) is 0 Å². The van der Waals surface area contributed by atoms with Gasteiger partial charge in [-0.2, -0.15) is 0 Å². The largest absolute Gasteiger partial charge is 0.382 e. The standard InChI is InChI=1S/C12H25N3O2.HI/c1-10-9-11(10)15-12(13-2)14-5-4-6-17-8-7-16-3;/h10-11H,4-9H2,1-3H3,(H2,13,14,15);1H. The Morgan fingerprint density at radius 3 is 2.61 bits per heavy atom. The van der Waals surface area contributed by atoms with Gasteiger partial charge in [0.15, 0.2) is 5.96 Å². The average Bonchev–Trinajstić information content (AvgIpc) is 3.02. The summed E-state index contributed by atoms with van der Waals surface area (Å²) in [5, 5.41) is 6.66. The summed E-state index contributed by atoms with van der Waals surface area (Å²) in [5.74, 6) is 1.68. The molecule has 1 aliphatic rings. The van der Waals surface area contributed by atoms with Gasteiger partial charge in [0, 0.05) is 33.4 Å². The van der Waals surface area contributed by atoms with Crippen molar-refractivity contribution in [1.29, 1.82) is 0 Å². The summed E-state index contributed by atoms with van der Waals surface area (Å²) in [4.78, 5) is 4.18. The van der Waals surface area contributed by atoms with Crippen LogP contribution in [0.4, 0.5) is 0 Å². The van der Waals surface area contributed by atoms with Crippen LogP contribution in [-0.2, 0) is 9.47 Å². The minimum atomic E-state index is 0. The molecule has 1 rings (SSSR count). The Morgan fingerprint density at radius 1 is 1.33 bits per heavy atom. The van der Waals surface area contributed by atoms with Gasteiger partial charge in [0.1, 0.15) is 0 Å². The SMILES string of the molecule is CN=C(NCCCOCCOC)NC1CC1C.I. The summed E-state index contributed by atoms with van der Waals surface area (Å²) in [5.41, 5.74) is 0. The summed E-state index contributed by atoms with van der Waals surface area (Å²) in [6.45, 7) is 5.22. The van der Waals surface area contributed by atoms with E-state index in [0.29, 0.717) is 19.3 Å². The summed E-state index contributed by atoms with van der Waals surface area (Å²) in [7, 11) is 3.48. The van der Waals surface area contributed by atoms with Gasteiger partial charge < -0.3 is 20.1 Å². The maximum absolute atomic E-state index is 5.37. The van der Waals surface area contributed by atoms with E-state index in [2.05, 4.69) is 22.5 Å². The van der Waals surface area contributed by atoms with E-state index >= 15 is 0 Å². The van der Waals surface area contributed by atoms with E-state index in [1.165, 1.54) is 6.42 Å². The molecule has 0 aromatic heterocycles. The molecule has 0 radical (unpaired) electrons. The van der Waals surface area contributed by atoms with Crippen molar-refractivity contribution in [2.45, 2.75) is 25.8 Å². The van der Waals surface area contributed by atoms with Crippen LogP contribution in [-0.4, -0.2) is 52.5 Å². The first kappa shape index (κ1) is 17.9. The fraction of sp³-hybridized carbons (Fsp3) is 0.917. The highest BCUT2D eigenvalue weighted by Gasteiger charge is 2.32. The smallest absolute Gasteiger partial charge is 0.191 e. The van der Waals surface area contributed by atoms with Gasteiger partial charge >= 0.3 is 0 Å². The Labute approximate surface area is 127 Å². The molecule has 5 nitrogen and oxygen atoms in total. The number of hydrogen-bond donors (Lipinski definition) is 2. The zero-order valence-electron chi connectivity index (χ0n) is 11.6. The predicted octanol–water partition coefficient (Wildman–Crippen LogP) is 1.23. The molecule has 18 heavy (non-hydrogen) atoms. The quantitative estimate of drug-likeness (QED) is 0.292. The second-order valence-electron chi connectivity index (χ2n) is 4.42. The molecule has 2 N–H and O–H groups in total. The normalized spacial score (nSPS) is 22.3. The Hall–Kier alpha value is -0.0800. The van der Waals surface area contributed by atoms with E-state index in [1.807, 2.05) is 0 Å². The van der Waals surface area contributed by atoms with Crippen molar-refractivity contribution in [2.75, 3.05) is 40.5 Å². The van der Waals surface area contributed by atoms with Crippen LogP contribution in [0.15, 0.2) is 4.99 Å². The molecule has 0 bridgehead atoms. The zero-order valence-corrected chi connectivity index (χ0v) is 13.9. The van der Waals surface area contributed by atoms with Gasteiger partial charge in [-0.05, 0) is 18.8 Å². The van der Waals surface area contributed by atoms with Crippen molar-refractivity contribution >= 4 is 29.9 Å². The first-order valence-corrected chi connectivity index (χ1v) is 6.31. The Balaban J connectivity index is 0.00000289. The number of hydrogen-bond acceptors (Lipinski definition) is 3. The lowest BCUT2D eigenvalue weighted by molar-refractivity contribution is 0.0698. The average molecular weight is 371 g/mol. The second kappa shape index (κ2) is 10.8. The summed E-state index contributed by atoms with van der Waals surface area (Å²) in [6.07, 6.45) is 2.23. The summed E-state index contributed by atoms with van der Waals surface area (Å²) in [6, 6.07) is 0.610. The molecule has 6 heteroatoms. The molecule has 2 unspecified atom stereocenters. The van der Waals surface area contributed by atoms with E-state index < -0.39 is 0 Å². The minimum Gasteiger partial charge on any atom is -0.382 e. The van der Waals surface area contributed by atoms with E-state index in [0.717, 1.165) is 31.4 Å². The van der Waals surface area contributed by atoms with Gasteiger partial charge in [-0.3, -0.25) is 4.99 Å². The highest BCUT2D eigenvalue weighted by Crippen LogP contribution is 2.28. The molecule has 1 saturated carbocycles. The van der Waals surface area contributed by atoms with Crippen LogP contribution in [0.3, 0.4) is 0 Å². The topological polar surface area (TPSA) is 54.9 Å². The first-order chi connectivity index (χ1) is 8.27. The van der Waals surface area contributed by atoms with Crippen LogP contribution >= 0.6 is 24.0 Å². The third-order valence-electron chi connectivity index (χ3n) is 2.84. The van der Waals surface area contributed by atoms with Crippen LogP contribution < -0.4 is 10.6 Å². The number of guanidine groups is 1. The van der Waals surface area contributed by atoms with Gasteiger partial charge in [0.2, 0.25) is 0 Å². The molecule has 0 amide bonds. The highest BCUT2D eigenvalue weighted by molar-refractivity contribution is 14.0. The van der Waals surface area contributed by atoms with Crippen molar-refractivity contribution in [2.24, 2.45) is 10.9 Å². The van der Waals surface area contributed by atoms with Gasteiger partial charge in [0.25, 0.3) is 0 Å². The second-order valence-corrected chi connectivity index (χ2v) is 4.42. The van der Waals surface area contributed by atoms with Crippen molar-refractivity contribution < 1.29 is 9.47 Å². The molecular formula is C12H26IN3O2. The minimum absolute atomic E-state index is 0. The molecule has 1 aliphatic carbocycles. The lowest BCUT2D eigenvalue weighted by Gasteiger charge is -2.11. The molecule has 2 atom stereocenters. The predicted molar refractivity (Wildman–Crippen MR) is 84.8 cm³/mol. The third-order valence-corrected chi connectivity index (χ3v) is 2.84. The molecule has 0 aromatic rings. The van der Waals surface area contributed by atoms with Gasteiger partial charge in [-0.15, -0.1) is 24.0 Å². The maximum Gasteiger partial charge on any atom is 0.191 e. The fourth-order valence-corrected chi connectivity index (χ4v) is 1.52. The first-order valence-electron chi connectivity index (χ1n) is 6.31. The van der Waals surface area contributed by atoms with Crippen LogP contribution in [0.1, 0.15) is 19.8 Å². The van der Waals surface area contributed by atoms with Crippen LogP contribution in [0, 0.1) is 5.92 Å².